The molecule has 0 radical (unpaired) electrons. The van der Waals surface area contributed by atoms with Gasteiger partial charge in [-0.05, 0) is 36.1 Å². The van der Waals surface area contributed by atoms with Crippen molar-refractivity contribution >= 4 is 6.09 Å². The van der Waals surface area contributed by atoms with Crippen LogP contribution in [0.1, 0.15) is 68.0 Å². The van der Waals surface area contributed by atoms with Crippen LogP contribution in [-0.4, -0.2) is 51.2 Å². The molecule has 0 saturated carbocycles. The first-order valence-electron chi connectivity index (χ1n) is 12.5. The summed E-state index contributed by atoms with van der Waals surface area (Å²) < 4.78 is 14.1. The zero-order valence-electron chi connectivity index (χ0n) is 20.2. The molecule has 1 atom stereocenters. The molecule has 3 heterocycles. The second-order valence-corrected chi connectivity index (χ2v) is 10.2. The molecule has 182 valence electrons. The Kier molecular flexibility index (Phi) is 5.33. The molecule has 1 saturated heterocycles. The Balaban J connectivity index is 1.10. The predicted octanol–water partition coefficient (Wildman–Crippen LogP) is 5.06. The Bertz CT molecular complexity index is 1210. The number of piperidine rings is 1. The van der Waals surface area contributed by atoms with Gasteiger partial charge in [-0.25, -0.2) is 4.79 Å². The van der Waals surface area contributed by atoms with Crippen molar-refractivity contribution in [2.75, 3.05) is 19.7 Å². The third-order valence-electron chi connectivity index (χ3n) is 7.73. The zero-order chi connectivity index (χ0) is 24.2. The Labute approximate surface area is 205 Å². The predicted molar refractivity (Wildman–Crippen MR) is 131 cm³/mol. The first-order chi connectivity index (χ1) is 16.9. The van der Waals surface area contributed by atoms with Crippen LogP contribution < -0.4 is 4.74 Å². The molecule has 7 nitrogen and oxygen atoms in total. The molecule has 1 spiro atoms. The van der Waals surface area contributed by atoms with Gasteiger partial charge in [-0.3, -0.25) is 4.68 Å². The van der Waals surface area contributed by atoms with Crippen molar-refractivity contribution in [3.63, 3.8) is 0 Å². The molecule has 0 bridgehead atoms. The molecule has 6 rings (SSSR count). The van der Waals surface area contributed by atoms with Crippen molar-refractivity contribution < 1.29 is 19.4 Å². The highest BCUT2D eigenvalue weighted by atomic mass is 16.6. The summed E-state index contributed by atoms with van der Waals surface area (Å²) >= 11 is 0. The maximum Gasteiger partial charge on any atom is 0.409 e. The van der Waals surface area contributed by atoms with Gasteiger partial charge < -0.3 is 19.5 Å². The van der Waals surface area contributed by atoms with E-state index in [1.807, 2.05) is 36.9 Å². The average molecular weight is 474 g/mol. The molecule has 35 heavy (non-hydrogen) atoms. The van der Waals surface area contributed by atoms with Gasteiger partial charge in [0.25, 0.3) is 0 Å². The van der Waals surface area contributed by atoms with Crippen LogP contribution in [0.4, 0.5) is 4.79 Å². The summed E-state index contributed by atoms with van der Waals surface area (Å²) in [6.07, 6.45) is 2.74. The summed E-state index contributed by atoms with van der Waals surface area (Å²) in [5, 5.41) is 15.3. The van der Waals surface area contributed by atoms with E-state index in [-0.39, 0.29) is 18.1 Å². The molecule has 1 aromatic heterocycles. The standard InChI is InChI=1S/C28H31N3O4/c1-18(2)31-16-25-26(29-31)24(32)15-28(35-25)11-13-30(14-12-28)27(33)34-17-23-21-9-5-3-7-19(21)20-8-4-6-10-22(20)23/h3-10,16,18,23-24,32H,11-15,17H2,1-2H3. The SMILES string of the molecule is CC(C)n1cc2c(n1)C(O)CC1(CCN(C(=O)OCC3c4ccccc4-c4ccccc43)CC1)O2. The number of carbonyl (C=O) groups excluding carboxylic acids is 1. The van der Waals surface area contributed by atoms with E-state index in [9.17, 15) is 9.90 Å². The van der Waals surface area contributed by atoms with Gasteiger partial charge in [0.15, 0.2) is 5.75 Å². The Morgan fingerprint density at radius 2 is 1.74 bits per heavy atom. The Morgan fingerprint density at radius 3 is 2.37 bits per heavy atom. The van der Waals surface area contributed by atoms with Crippen LogP contribution in [0.3, 0.4) is 0 Å². The van der Waals surface area contributed by atoms with E-state index in [0.29, 0.717) is 50.4 Å². The van der Waals surface area contributed by atoms with Crippen LogP contribution in [0.5, 0.6) is 5.75 Å². The maximum atomic E-state index is 13.0. The Morgan fingerprint density at radius 1 is 1.11 bits per heavy atom. The number of nitrogens with zero attached hydrogens (tertiary/aromatic N) is 3. The van der Waals surface area contributed by atoms with E-state index in [4.69, 9.17) is 9.47 Å². The highest BCUT2D eigenvalue weighted by Crippen LogP contribution is 2.46. The number of hydrogen-bond donors (Lipinski definition) is 1. The summed E-state index contributed by atoms with van der Waals surface area (Å²) in [6.45, 7) is 5.50. The van der Waals surface area contributed by atoms with Gasteiger partial charge in [0.2, 0.25) is 0 Å². The van der Waals surface area contributed by atoms with Crippen molar-refractivity contribution in [2.45, 2.75) is 56.8 Å². The quantitative estimate of drug-likeness (QED) is 0.575. The summed E-state index contributed by atoms with van der Waals surface area (Å²) in [6, 6.07) is 16.9. The lowest BCUT2D eigenvalue weighted by molar-refractivity contribution is -0.0528. The van der Waals surface area contributed by atoms with Crippen molar-refractivity contribution in [1.82, 2.24) is 14.7 Å². The van der Waals surface area contributed by atoms with E-state index in [1.165, 1.54) is 22.3 Å². The molecule has 3 aromatic rings. The van der Waals surface area contributed by atoms with E-state index < -0.39 is 11.7 Å². The van der Waals surface area contributed by atoms with E-state index in [1.54, 1.807) is 4.90 Å². The third-order valence-corrected chi connectivity index (χ3v) is 7.73. The summed E-state index contributed by atoms with van der Waals surface area (Å²) in [5.41, 5.74) is 5.00. The number of aromatic nitrogens is 2. The van der Waals surface area contributed by atoms with Crippen LogP contribution in [0.25, 0.3) is 11.1 Å². The third kappa shape index (κ3) is 3.78. The van der Waals surface area contributed by atoms with Crippen LogP contribution >= 0.6 is 0 Å². The minimum absolute atomic E-state index is 0.0511. The fourth-order valence-electron chi connectivity index (χ4n) is 5.78. The number of likely N-dealkylation sites (tertiary alicyclic amines) is 1. The minimum atomic E-state index is -0.653. The lowest BCUT2D eigenvalue weighted by Crippen LogP contribution is -2.51. The maximum absolute atomic E-state index is 13.0. The largest absolute Gasteiger partial charge is 0.483 e. The number of amides is 1. The number of fused-ring (bicyclic) bond motifs is 4. The second-order valence-electron chi connectivity index (χ2n) is 10.2. The lowest BCUT2D eigenvalue weighted by atomic mass is 9.83. The first kappa shape index (κ1) is 22.2. The van der Waals surface area contributed by atoms with E-state index in [0.717, 1.165) is 0 Å². The molecular formula is C28H31N3O4. The summed E-state index contributed by atoms with van der Waals surface area (Å²) in [7, 11) is 0. The molecular weight excluding hydrogens is 442 g/mol. The topological polar surface area (TPSA) is 76.8 Å². The van der Waals surface area contributed by atoms with Gasteiger partial charge in [-0.2, -0.15) is 5.10 Å². The van der Waals surface area contributed by atoms with Crippen molar-refractivity contribution in [2.24, 2.45) is 0 Å². The molecule has 1 amide bonds. The lowest BCUT2D eigenvalue weighted by Gasteiger charge is -2.44. The number of benzene rings is 2. The first-order valence-corrected chi connectivity index (χ1v) is 12.5. The highest BCUT2D eigenvalue weighted by Gasteiger charge is 2.45. The summed E-state index contributed by atoms with van der Waals surface area (Å²) in [5.74, 6) is 0.710. The van der Waals surface area contributed by atoms with Crippen LogP contribution in [0, 0.1) is 0 Å². The number of ether oxygens (including phenoxy) is 2. The molecule has 1 unspecified atom stereocenters. The van der Waals surface area contributed by atoms with Crippen molar-refractivity contribution in [3.05, 3.63) is 71.5 Å². The Hall–Kier alpha value is -3.32. The highest BCUT2D eigenvalue weighted by molar-refractivity contribution is 5.79. The van der Waals surface area contributed by atoms with E-state index in [2.05, 4.69) is 41.5 Å². The molecule has 1 fully saturated rings. The van der Waals surface area contributed by atoms with Gasteiger partial charge in [-0.15, -0.1) is 0 Å². The molecule has 1 aliphatic carbocycles. The fraction of sp³-hybridized carbons (Fsp3) is 0.429. The fourth-order valence-corrected chi connectivity index (χ4v) is 5.78. The minimum Gasteiger partial charge on any atom is -0.483 e. The van der Waals surface area contributed by atoms with Gasteiger partial charge in [-0.1, -0.05) is 48.5 Å². The second kappa shape index (κ2) is 8.41. The average Bonchev–Trinajstić information content (AvgIpc) is 3.43. The van der Waals surface area contributed by atoms with Crippen LogP contribution in [0.2, 0.25) is 0 Å². The van der Waals surface area contributed by atoms with Crippen molar-refractivity contribution in [1.29, 1.82) is 0 Å². The molecule has 2 aromatic carbocycles. The molecule has 3 aliphatic rings. The number of hydrogen-bond acceptors (Lipinski definition) is 5. The number of aliphatic hydroxyl groups excluding tert-OH is 1. The van der Waals surface area contributed by atoms with Gasteiger partial charge in [0, 0.05) is 44.3 Å². The van der Waals surface area contributed by atoms with Crippen LogP contribution in [0.15, 0.2) is 54.7 Å². The number of carbonyl (C=O) groups is 1. The monoisotopic (exact) mass is 473 g/mol. The normalized spacial score (nSPS) is 20.3. The van der Waals surface area contributed by atoms with Crippen LogP contribution in [-0.2, 0) is 4.74 Å². The van der Waals surface area contributed by atoms with Crippen molar-refractivity contribution in [3.8, 4) is 16.9 Å². The number of rotatable bonds is 3. The number of aliphatic hydroxyl groups is 1. The zero-order valence-corrected chi connectivity index (χ0v) is 20.2. The molecule has 2 aliphatic heterocycles. The molecule has 7 heteroatoms. The van der Waals surface area contributed by atoms with Gasteiger partial charge in [0.1, 0.15) is 24.0 Å². The summed E-state index contributed by atoms with van der Waals surface area (Å²) in [4.78, 5) is 14.8. The van der Waals surface area contributed by atoms with E-state index >= 15 is 0 Å². The molecule has 1 N–H and O–H groups in total. The smallest absolute Gasteiger partial charge is 0.409 e. The van der Waals surface area contributed by atoms with Gasteiger partial charge in [0.05, 0.1) is 6.20 Å². The van der Waals surface area contributed by atoms with Gasteiger partial charge >= 0.3 is 6.09 Å².